The zero-order valence-corrected chi connectivity index (χ0v) is 31.4. The summed E-state index contributed by atoms with van der Waals surface area (Å²) < 4.78 is 2.32. The Bertz CT molecular complexity index is 3470. The van der Waals surface area contributed by atoms with Crippen molar-refractivity contribution in [3.05, 3.63) is 186 Å². The van der Waals surface area contributed by atoms with Crippen LogP contribution >= 0.6 is 0 Å². The molecule has 2 aliphatic rings. The van der Waals surface area contributed by atoms with Gasteiger partial charge in [0.25, 0.3) is 0 Å². The second-order valence-electron chi connectivity index (χ2n) is 15.8. The first-order chi connectivity index (χ1) is 28.0. The number of rotatable bonds is 3. The number of para-hydroxylation sites is 2. The number of aromatic nitrogens is 3. The van der Waals surface area contributed by atoms with Crippen LogP contribution in [0.5, 0.6) is 0 Å². The minimum Gasteiger partial charge on any atom is -0.323 e. The molecule has 0 aliphatic heterocycles. The molecule has 0 unspecified atom stereocenters. The zero-order valence-electron chi connectivity index (χ0n) is 31.4. The average molecular weight is 730 g/mol. The third-order valence-electron chi connectivity index (χ3n) is 12.4. The molecule has 2 heterocycles. The van der Waals surface area contributed by atoms with E-state index in [-0.39, 0.29) is 11.3 Å². The molecule has 268 valence electrons. The fourth-order valence-electron chi connectivity index (χ4n) is 9.88. The Labute approximate surface area is 328 Å². The molecule has 0 saturated carbocycles. The van der Waals surface area contributed by atoms with Gasteiger partial charge in [-0.25, -0.2) is 4.98 Å². The van der Waals surface area contributed by atoms with Crippen molar-refractivity contribution in [3.63, 3.8) is 0 Å². The molecule has 0 atom stereocenters. The smallest absolute Gasteiger partial charge is 0.229 e. The summed E-state index contributed by atoms with van der Waals surface area (Å²) in [5.41, 5.74) is 17.0. The monoisotopic (exact) mass is 729 g/mol. The van der Waals surface area contributed by atoms with Crippen molar-refractivity contribution in [2.75, 3.05) is 0 Å². The summed E-state index contributed by atoms with van der Waals surface area (Å²) >= 11 is 0. The van der Waals surface area contributed by atoms with E-state index in [1.54, 1.807) is 0 Å². The van der Waals surface area contributed by atoms with Gasteiger partial charge in [0.15, 0.2) is 5.84 Å². The van der Waals surface area contributed by atoms with Crippen molar-refractivity contribution >= 4 is 49.3 Å². The van der Waals surface area contributed by atoms with E-state index in [0.29, 0.717) is 11.2 Å². The van der Waals surface area contributed by atoms with Crippen LogP contribution in [0.25, 0.3) is 93.8 Å². The van der Waals surface area contributed by atoms with Crippen LogP contribution < -0.4 is 5.62 Å². The van der Waals surface area contributed by atoms with Crippen molar-refractivity contribution in [2.24, 2.45) is 4.99 Å². The lowest BCUT2D eigenvalue weighted by atomic mass is 9.82. The van der Waals surface area contributed by atoms with Crippen LogP contribution in [0.15, 0.2) is 169 Å². The van der Waals surface area contributed by atoms with Gasteiger partial charge >= 0.3 is 0 Å². The second-order valence-corrected chi connectivity index (χ2v) is 15.8. The standard InChI is InChI=1S/C52H35N5/c1-52(2)40-21-8-5-16-34(40)39-29-31(25-27-41(39)52)49-37-17-6-9-22-42(37)54-51(55-49)56-50(53)38-18-7-10-23-43(38)57-44-24-12-20-36-33-15-4-3-14-32(33)35-19-11-13-30-26-28-45(57)48(46(30)35)47(36)44/h3-29H,1-2H3,(H2,53,54,55,56). The number of nitrogens with zero attached hydrogens (tertiary/aromatic N) is 3. The highest BCUT2D eigenvalue weighted by atomic mass is 15.0. The summed E-state index contributed by atoms with van der Waals surface area (Å²) in [5, 5.41) is 15.5. The first-order valence-electron chi connectivity index (χ1n) is 19.5. The normalized spacial score (nSPS) is 13.8. The van der Waals surface area contributed by atoms with Gasteiger partial charge in [0, 0.05) is 32.7 Å². The van der Waals surface area contributed by atoms with Crippen molar-refractivity contribution in [2.45, 2.75) is 19.3 Å². The first kappa shape index (κ1) is 31.9. The Morgan fingerprint density at radius 1 is 0.579 bits per heavy atom. The van der Waals surface area contributed by atoms with Gasteiger partial charge in [-0.2, -0.15) is 4.99 Å². The van der Waals surface area contributed by atoms with Gasteiger partial charge in [-0.05, 0) is 91.7 Å². The summed E-state index contributed by atoms with van der Waals surface area (Å²) in [4.78, 5) is 13.6. The third-order valence-corrected chi connectivity index (χ3v) is 12.4. The van der Waals surface area contributed by atoms with E-state index in [9.17, 15) is 5.41 Å². The van der Waals surface area contributed by atoms with Crippen molar-refractivity contribution in [1.29, 1.82) is 5.41 Å². The number of aromatic amines is 1. The van der Waals surface area contributed by atoms with Gasteiger partial charge in [0.2, 0.25) is 5.62 Å². The molecule has 5 nitrogen and oxygen atoms in total. The predicted octanol–water partition coefficient (Wildman–Crippen LogP) is 12.4. The van der Waals surface area contributed by atoms with Crippen LogP contribution in [0.3, 0.4) is 0 Å². The molecule has 0 amide bonds. The fraction of sp³-hybridized carbons (Fsp3) is 0.0577. The maximum Gasteiger partial charge on any atom is 0.229 e. The Morgan fingerprint density at radius 3 is 2.11 bits per heavy atom. The SMILES string of the molecule is CC1(C)c2ccccc2-c2cc(-c3nc(=NC(=N)c4ccccc4-n4c5cccc6c5c5c7c(cccc7ccc54)-c4ccccc4-6)[nH]c4ccccc34)ccc21. The first-order valence-corrected chi connectivity index (χ1v) is 19.5. The molecule has 8 aromatic carbocycles. The zero-order chi connectivity index (χ0) is 38.0. The maximum atomic E-state index is 9.61. The number of hydrogen-bond acceptors (Lipinski definition) is 2. The number of fused-ring (bicyclic) bond motifs is 7. The highest BCUT2D eigenvalue weighted by Crippen LogP contribution is 2.51. The van der Waals surface area contributed by atoms with Crippen LogP contribution in [0.1, 0.15) is 30.5 Å². The predicted molar refractivity (Wildman–Crippen MR) is 234 cm³/mol. The highest BCUT2D eigenvalue weighted by Gasteiger charge is 2.35. The van der Waals surface area contributed by atoms with Gasteiger partial charge in [-0.15, -0.1) is 0 Å². The number of hydrogen-bond donors (Lipinski definition) is 2. The molecule has 2 aromatic heterocycles. The number of nitrogens with one attached hydrogen (secondary N) is 2. The van der Waals surface area contributed by atoms with E-state index in [1.807, 2.05) is 30.3 Å². The van der Waals surface area contributed by atoms with Crippen molar-refractivity contribution in [3.8, 4) is 50.3 Å². The van der Waals surface area contributed by atoms with Crippen LogP contribution in [-0.4, -0.2) is 20.4 Å². The molecule has 12 rings (SSSR count). The molecule has 0 spiro atoms. The van der Waals surface area contributed by atoms with E-state index in [0.717, 1.165) is 38.9 Å². The van der Waals surface area contributed by atoms with Gasteiger partial charge in [0.05, 0.1) is 27.9 Å². The van der Waals surface area contributed by atoms with E-state index in [1.165, 1.54) is 66.1 Å². The van der Waals surface area contributed by atoms with Gasteiger partial charge in [-0.1, -0.05) is 141 Å². The largest absolute Gasteiger partial charge is 0.323 e. The molecule has 5 heteroatoms. The lowest BCUT2D eigenvalue weighted by Gasteiger charge is -2.21. The van der Waals surface area contributed by atoms with Crippen molar-refractivity contribution in [1.82, 2.24) is 14.5 Å². The van der Waals surface area contributed by atoms with Gasteiger partial charge in [0.1, 0.15) is 0 Å². The van der Waals surface area contributed by atoms with E-state index >= 15 is 0 Å². The maximum absolute atomic E-state index is 9.61. The average Bonchev–Trinajstić information content (AvgIpc) is 3.66. The fourth-order valence-corrected chi connectivity index (χ4v) is 9.88. The van der Waals surface area contributed by atoms with Crippen LogP contribution in [0.4, 0.5) is 0 Å². The minimum atomic E-state index is -0.0812. The van der Waals surface area contributed by atoms with E-state index in [2.05, 4.69) is 157 Å². The third kappa shape index (κ3) is 4.42. The van der Waals surface area contributed by atoms with Gasteiger partial charge < -0.3 is 9.55 Å². The Kier molecular flexibility index (Phi) is 6.48. The molecular formula is C52H35N5. The molecular weight excluding hydrogens is 695 g/mol. The molecule has 57 heavy (non-hydrogen) atoms. The van der Waals surface area contributed by atoms with Crippen molar-refractivity contribution < 1.29 is 0 Å². The number of H-pyrrole nitrogens is 1. The number of amidine groups is 1. The summed E-state index contributed by atoms with van der Waals surface area (Å²) in [7, 11) is 0. The molecule has 0 radical (unpaired) electrons. The topological polar surface area (TPSA) is 69.8 Å². The summed E-state index contributed by atoms with van der Waals surface area (Å²) in [6.45, 7) is 4.60. The summed E-state index contributed by atoms with van der Waals surface area (Å²) in [6, 6.07) is 58.3. The molecule has 2 N–H and O–H groups in total. The minimum absolute atomic E-state index is 0.0812. The van der Waals surface area contributed by atoms with E-state index in [4.69, 9.17) is 9.98 Å². The highest BCUT2D eigenvalue weighted by molar-refractivity contribution is 6.30. The summed E-state index contributed by atoms with van der Waals surface area (Å²) in [5.74, 6) is 0.130. The molecule has 0 saturated heterocycles. The number of benzene rings is 8. The lowest BCUT2D eigenvalue weighted by Crippen LogP contribution is -2.18. The Morgan fingerprint density at radius 2 is 1.25 bits per heavy atom. The van der Waals surface area contributed by atoms with Crippen LogP contribution in [0.2, 0.25) is 0 Å². The molecule has 0 bridgehead atoms. The Hall–Kier alpha value is -7.37. The molecule has 0 fully saturated rings. The Balaban J connectivity index is 1.05. The lowest BCUT2D eigenvalue weighted by molar-refractivity contribution is 0.660. The second kappa shape index (κ2) is 11.6. The van der Waals surface area contributed by atoms with Crippen LogP contribution in [0, 0.1) is 5.41 Å². The van der Waals surface area contributed by atoms with E-state index < -0.39 is 0 Å². The quantitative estimate of drug-likeness (QED) is 0.138. The van der Waals surface area contributed by atoms with Gasteiger partial charge in [-0.3, -0.25) is 5.41 Å². The van der Waals surface area contributed by atoms with Crippen LogP contribution in [-0.2, 0) is 5.41 Å². The molecule has 2 aliphatic carbocycles. The summed E-state index contributed by atoms with van der Waals surface area (Å²) in [6.07, 6.45) is 0. The molecule has 10 aromatic rings.